The molecule has 2 aromatic carbocycles. The first kappa shape index (κ1) is 22.6. The maximum absolute atomic E-state index is 11.9. The Hall–Kier alpha value is -4.17. The van der Waals surface area contributed by atoms with E-state index in [1.165, 1.54) is 7.11 Å². The first-order valence-electron chi connectivity index (χ1n) is 11.1. The molecule has 1 N–H and O–H groups in total. The fraction of sp³-hybridized carbons (Fsp3) is 0.148. The van der Waals surface area contributed by atoms with Crippen LogP contribution in [0, 0.1) is 0 Å². The van der Waals surface area contributed by atoms with Gasteiger partial charge in [-0.3, -0.25) is 4.98 Å². The van der Waals surface area contributed by atoms with E-state index in [1.807, 2.05) is 66.9 Å². The number of methoxy groups -OCH3 is 2. The number of nitrogens with one attached hydrogen (secondary N) is 1. The molecule has 1 fully saturated rings. The van der Waals surface area contributed by atoms with E-state index in [2.05, 4.69) is 25.8 Å². The third-order valence-electron chi connectivity index (χ3n) is 6.09. The molecule has 5 rings (SSSR count). The molecule has 4 aromatic rings. The molecule has 1 aliphatic rings. The third kappa shape index (κ3) is 4.13. The summed E-state index contributed by atoms with van der Waals surface area (Å²) in [6.07, 6.45) is 3.78. The van der Waals surface area contributed by atoms with Crippen molar-refractivity contribution in [3.63, 3.8) is 0 Å². The van der Waals surface area contributed by atoms with Crippen LogP contribution in [0.1, 0.15) is 33.8 Å². The van der Waals surface area contributed by atoms with Crippen LogP contribution in [0.15, 0.2) is 91.3 Å². The van der Waals surface area contributed by atoms with Gasteiger partial charge in [-0.25, -0.2) is 4.79 Å². The summed E-state index contributed by atoms with van der Waals surface area (Å²) in [5.41, 5.74) is 4.16. The van der Waals surface area contributed by atoms with E-state index < -0.39 is 0 Å². The maximum Gasteiger partial charge on any atom is 0.337 e. The lowest BCUT2D eigenvalue weighted by Gasteiger charge is -2.30. The zero-order chi connectivity index (χ0) is 24.4. The van der Waals surface area contributed by atoms with E-state index in [-0.39, 0.29) is 18.1 Å². The standard InChI is InChI=1S/C27H24N4O3S/c1-33-23-11-4-3-9-21(23)31-25(24(29-27(31)35)20-8-5-6-16-28-20)22-10-7-17-30(22)19-14-12-18(13-15-19)26(32)34-2/h3-17,24-25H,1-2H3,(H,29,35)/t24-,25+/m0/s1. The number of benzene rings is 2. The Kier molecular flexibility index (Phi) is 6.20. The summed E-state index contributed by atoms with van der Waals surface area (Å²) < 4.78 is 12.6. The number of aromatic nitrogens is 2. The molecular weight excluding hydrogens is 460 g/mol. The lowest BCUT2D eigenvalue weighted by molar-refractivity contribution is 0.0600. The summed E-state index contributed by atoms with van der Waals surface area (Å²) >= 11 is 5.85. The van der Waals surface area contributed by atoms with Gasteiger partial charge < -0.3 is 24.3 Å². The van der Waals surface area contributed by atoms with E-state index in [0.717, 1.165) is 28.5 Å². The Morgan fingerprint density at radius 3 is 2.46 bits per heavy atom. The van der Waals surface area contributed by atoms with Crippen LogP contribution < -0.4 is 15.0 Å². The molecule has 1 aliphatic heterocycles. The molecule has 3 heterocycles. The van der Waals surface area contributed by atoms with Crippen LogP contribution >= 0.6 is 12.2 Å². The van der Waals surface area contributed by atoms with Crippen molar-refractivity contribution in [3.8, 4) is 11.4 Å². The second-order valence-corrected chi connectivity index (χ2v) is 8.40. The van der Waals surface area contributed by atoms with Gasteiger partial charge in [-0.1, -0.05) is 18.2 Å². The molecule has 35 heavy (non-hydrogen) atoms. The van der Waals surface area contributed by atoms with Crippen molar-refractivity contribution >= 4 is 29.0 Å². The van der Waals surface area contributed by atoms with Gasteiger partial charge in [-0.2, -0.15) is 0 Å². The maximum atomic E-state index is 11.9. The van der Waals surface area contributed by atoms with E-state index in [1.54, 1.807) is 25.4 Å². The van der Waals surface area contributed by atoms with Crippen LogP contribution in [-0.4, -0.2) is 34.9 Å². The summed E-state index contributed by atoms with van der Waals surface area (Å²) in [6, 6.07) is 24.7. The van der Waals surface area contributed by atoms with E-state index in [0.29, 0.717) is 10.7 Å². The Balaban J connectivity index is 1.64. The SMILES string of the molecule is COC(=O)c1ccc(-n2cccc2[C@@H]2[C@H](c3ccccn3)NC(=S)N2c2ccccc2OC)cc1. The van der Waals surface area contributed by atoms with Crippen LogP contribution in [0.25, 0.3) is 5.69 Å². The van der Waals surface area contributed by atoms with Gasteiger partial charge in [0.05, 0.1) is 37.2 Å². The molecule has 0 amide bonds. The second kappa shape index (κ2) is 9.60. The van der Waals surface area contributed by atoms with Crippen LogP contribution in [-0.2, 0) is 4.74 Å². The van der Waals surface area contributed by atoms with E-state index in [4.69, 9.17) is 21.7 Å². The van der Waals surface area contributed by atoms with Crippen molar-refractivity contribution in [2.24, 2.45) is 0 Å². The normalized spacial score (nSPS) is 17.2. The quantitative estimate of drug-likeness (QED) is 0.310. The lowest BCUT2D eigenvalue weighted by atomic mass is 10.0. The monoisotopic (exact) mass is 484 g/mol. The first-order valence-corrected chi connectivity index (χ1v) is 11.5. The van der Waals surface area contributed by atoms with Crippen LogP contribution in [0.4, 0.5) is 5.69 Å². The zero-order valence-electron chi connectivity index (χ0n) is 19.3. The predicted molar refractivity (Wildman–Crippen MR) is 138 cm³/mol. The van der Waals surface area contributed by atoms with Crippen molar-refractivity contribution in [3.05, 3.63) is 108 Å². The Morgan fingerprint density at radius 2 is 1.74 bits per heavy atom. The van der Waals surface area contributed by atoms with Crippen LogP contribution in [0.2, 0.25) is 0 Å². The minimum absolute atomic E-state index is 0.198. The van der Waals surface area contributed by atoms with Crippen LogP contribution in [0.3, 0.4) is 0 Å². The molecule has 7 nitrogen and oxygen atoms in total. The molecule has 2 atom stereocenters. The van der Waals surface area contributed by atoms with Gasteiger partial charge in [-0.05, 0) is 72.9 Å². The minimum atomic E-state index is -0.368. The molecule has 0 radical (unpaired) electrons. The van der Waals surface area contributed by atoms with Gasteiger partial charge in [0, 0.05) is 23.8 Å². The Bertz CT molecular complexity index is 1350. The molecule has 0 saturated carbocycles. The highest BCUT2D eigenvalue weighted by Gasteiger charge is 2.43. The summed E-state index contributed by atoms with van der Waals surface area (Å²) in [5.74, 6) is 0.357. The Labute approximate surface area is 208 Å². The second-order valence-electron chi connectivity index (χ2n) is 8.01. The van der Waals surface area contributed by atoms with Gasteiger partial charge in [0.1, 0.15) is 11.8 Å². The highest BCUT2D eigenvalue weighted by atomic mass is 32.1. The predicted octanol–water partition coefficient (Wildman–Crippen LogP) is 4.84. The van der Waals surface area contributed by atoms with Crippen molar-refractivity contribution in [2.75, 3.05) is 19.1 Å². The molecule has 0 unspecified atom stereocenters. The molecule has 176 valence electrons. The van der Waals surface area contributed by atoms with Crippen molar-refractivity contribution in [1.29, 1.82) is 0 Å². The summed E-state index contributed by atoms with van der Waals surface area (Å²) in [5, 5.41) is 4.07. The molecule has 0 aliphatic carbocycles. The van der Waals surface area contributed by atoms with Gasteiger partial charge in [0.2, 0.25) is 0 Å². The number of hydrogen-bond donors (Lipinski definition) is 1. The largest absolute Gasteiger partial charge is 0.495 e. The zero-order valence-corrected chi connectivity index (χ0v) is 20.1. The number of thiocarbonyl (C=S) groups is 1. The summed E-state index contributed by atoms with van der Waals surface area (Å²) in [4.78, 5) is 18.6. The van der Waals surface area contributed by atoms with Crippen LogP contribution in [0.5, 0.6) is 5.75 Å². The smallest absolute Gasteiger partial charge is 0.337 e. The van der Waals surface area contributed by atoms with Gasteiger partial charge in [-0.15, -0.1) is 0 Å². The van der Waals surface area contributed by atoms with Crippen molar-refractivity contribution < 1.29 is 14.3 Å². The molecule has 2 aromatic heterocycles. The molecular formula is C27H24N4O3S. The number of ether oxygens (including phenoxy) is 2. The molecule has 0 spiro atoms. The summed E-state index contributed by atoms with van der Waals surface area (Å²) in [6.45, 7) is 0. The summed E-state index contributed by atoms with van der Waals surface area (Å²) in [7, 11) is 3.03. The number of anilines is 1. The van der Waals surface area contributed by atoms with Gasteiger partial charge in [0.25, 0.3) is 0 Å². The van der Waals surface area contributed by atoms with Gasteiger partial charge in [0.15, 0.2) is 5.11 Å². The minimum Gasteiger partial charge on any atom is -0.495 e. The first-order chi connectivity index (χ1) is 17.1. The fourth-order valence-corrected chi connectivity index (χ4v) is 4.83. The van der Waals surface area contributed by atoms with Crippen molar-refractivity contribution in [1.82, 2.24) is 14.9 Å². The number of pyridine rings is 1. The number of hydrogen-bond acceptors (Lipinski definition) is 5. The van der Waals surface area contributed by atoms with E-state index in [9.17, 15) is 4.79 Å². The number of esters is 1. The lowest BCUT2D eigenvalue weighted by Crippen LogP contribution is -2.30. The highest BCUT2D eigenvalue weighted by molar-refractivity contribution is 7.80. The molecule has 8 heteroatoms. The third-order valence-corrected chi connectivity index (χ3v) is 6.41. The molecule has 1 saturated heterocycles. The topological polar surface area (TPSA) is 68.6 Å². The van der Waals surface area contributed by atoms with Gasteiger partial charge >= 0.3 is 5.97 Å². The Morgan fingerprint density at radius 1 is 0.971 bits per heavy atom. The average molecular weight is 485 g/mol. The number of rotatable bonds is 6. The fourth-order valence-electron chi connectivity index (χ4n) is 4.49. The molecule has 0 bridgehead atoms. The van der Waals surface area contributed by atoms with E-state index >= 15 is 0 Å². The van der Waals surface area contributed by atoms with Crippen molar-refractivity contribution in [2.45, 2.75) is 12.1 Å². The number of carbonyl (C=O) groups excluding carboxylic acids is 1. The number of carbonyl (C=O) groups is 1. The number of nitrogens with zero attached hydrogens (tertiary/aromatic N) is 3. The highest BCUT2D eigenvalue weighted by Crippen LogP contribution is 2.44. The number of para-hydroxylation sites is 2. The average Bonchev–Trinajstić information content (AvgIpc) is 3.53.